The van der Waals surface area contributed by atoms with Gasteiger partial charge in [-0.1, -0.05) is 30.3 Å². The van der Waals surface area contributed by atoms with Crippen molar-refractivity contribution in [3.63, 3.8) is 0 Å². The molecule has 0 spiro atoms. The second-order valence-corrected chi connectivity index (χ2v) is 8.42. The van der Waals surface area contributed by atoms with E-state index in [0.29, 0.717) is 17.0 Å². The molecule has 0 saturated carbocycles. The van der Waals surface area contributed by atoms with E-state index in [2.05, 4.69) is 10.6 Å². The lowest BCUT2D eigenvalue weighted by Crippen LogP contribution is -2.40. The molecule has 3 N–H and O–H groups in total. The van der Waals surface area contributed by atoms with Crippen molar-refractivity contribution in [3.05, 3.63) is 82.8 Å². The van der Waals surface area contributed by atoms with Gasteiger partial charge >= 0.3 is 18.0 Å². The highest BCUT2D eigenvalue weighted by atomic mass is 16.5. The molecule has 0 unspecified atom stereocenters. The van der Waals surface area contributed by atoms with Gasteiger partial charge in [0.25, 0.3) is 0 Å². The Morgan fingerprint density at radius 1 is 0.897 bits per heavy atom. The molecule has 2 aromatic carbocycles. The third kappa shape index (κ3) is 7.45. The summed E-state index contributed by atoms with van der Waals surface area (Å²) in [5.41, 5.74) is 0.628. The fourth-order valence-corrected chi connectivity index (χ4v) is 3.87. The standard InChI is InChI=1S/C28H30N2O9/c1-36-20-12-9-18(10-13-20)29-28(35)30-19(16-31)11-14-22-23(26(33)37-2)24(27(34)38-3)25(39-22)21(32)15-17-7-5-4-6-8-17/h4-10,12-13,19,31H,11,14-16H2,1-3H3,(H2,29,30,35)/t19-/m0/s1. The minimum absolute atomic E-state index is 0.00512. The number of ether oxygens (including phenoxy) is 3. The molecule has 3 rings (SSSR count). The number of esters is 2. The lowest BCUT2D eigenvalue weighted by molar-refractivity contribution is 0.0554. The van der Waals surface area contributed by atoms with Gasteiger partial charge in [0, 0.05) is 18.5 Å². The topological polar surface area (TPSA) is 153 Å². The number of urea groups is 1. The fourth-order valence-electron chi connectivity index (χ4n) is 3.87. The van der Waals surface area contributed by atoms with Crippen molar-refractivity contribution in [3.8, 4) is 5.75 Å². The maximum atomic E-state index is 13.1. The number of methoxy groups -OCH3 is 3. The number of hydrogen-bond acceptors (Lipinski definition) is 9. The van der Waals surface area contributed by atoms with Crippen LogP contribution in [0.5, 0.6) is 5.75 Å². The van der Waals surface area contributed by atoms with E-state index >= 15 is 0 Å². The van der Waals surface area contributed by atoms with Gasteiger partial charge in [-0.05, 0) is 36.2 Å². The van der Waals surface area contributed by atoms with E-state index in [1.165, 1.54) is 7.11 Å². The van der Waals surface area contributed by atoms with Crippen molar-refractivity contribution >= 4 is 29.4 Å². The molecule has 1 atom stereocenters. The van der Waals surface area contributed by atoms with Gasteiger partial charge in [-0.25, -0.2) is 14.4 Å². The predicted octanol–water partition coefficient (Wildman–Crippen LogP) is 3.40. The number of carbonyl (C=O) groups excluding carboxylic acids is 4. The molecule has 1 heterocycles. The summed E-state index contributed by atoms with van der Waals surface area (Å²) in [7, 11) is 3.78. The van der Waals surface area contributed by atoms with Crippen LogP contribution in [0, 0.1) is 0 Å². The number of nitrogens with one attached hydrogen (secondary N) is 2. The van der Waals surface area contributed by atoms with Gasteiger partial charge in [-0.15, -0.1) is 0 Å². The van der Waals surface area contributed by atoms with Crippen LogP contribution < -0.4 is 15.4 Å². The number of aliphatic hydroxyl groups excluding tert-OH is 1. The zero-order chi connectivity index (χ0) is 28.4. The van der Waals surface area contributed by atoms with Crippen LogP contribution in [0.25, 0.3) is 0 Å². The Kier molecular flexibility index (Phi) is 10.2. The van der Waals surface area contributed by atoms with Crippen LogP contribution in [-0.2, 0) is 22.3 Å². The Morgan fingerprint density at radius 2 is 1.54 bits per heavy atom. The largest absolute Gasteiger partial charge is 0.497 e. The number of aliphatic hydroxyl groups is 1. The third-order valence-electron chi connectivity index (χ3n) is 5.84. The lowest BCUT2D eigenvalue weighted by Gasteiger charge is -2.16. The van der Waals surface area contributed by atoms with Crippen LogP contribution in [0.15, 0.2) is 59.0 Å². The normalized spacial score (nSPS) is 11.3. The van der Waals surface area contributed by atoms with E-state index in [0.717, 1.165) is 14.2 Å². The summed E-state index contributed by atoms with van der Waals surface area (Å²) in [5.74, 6) is -2.06. The maximum Gasteiger partial charge on any atom is 0.342 e. The summed E-state index contributed by atoms with van der Waals surface area (Å²) in [5, 5.41) is 15.1. The molecule has 0 saturated heterocycles. The van der Waals surface area contributed by atoms with E-state index in [1.54, 1.807) is 54.6 Å². The van der Waals surface area contributed by atoms with Gasteiger partial charge in [0.2, 0.25) is 5.78 Å². The summed E-state index contributed by atoms with van der Waals surface area (Å²) < 4.78 is 20.5. The Morgan fingerprint density at radius 3 is 2.13 bits per heavy atom. The number of carbonyl (C=O) groups is 4. The molecule has 11 heteroatoms. The number of aryl methyl sites for hydroxylation is 1. The van der Waals surface area contributed by atoms with Crippen molar-refractivity contribution < 1.29 is 42.9 Å². The van der Waals surface area contributed by atoms with Crippen molar-refractivity contribution in [1.82, 2.24) is 5.32 Å². The summed E-state index contributed by atoms with van der Waals surface area (Å²) in [6, 6.07) is 14.2. The number of benzene rings is 2. The van der Waals surface area contributed by atoms with Crippen LogP contribution in [0.1, 0.15) is 49.0 Å². The molecular weight excluding hydrogens is 508 g/mol. The summed E-state index contributed by atoms with van der Waals surface area (Å²) >= 11 is 0. The van der Waals surface area contributed by atoms with Crippen LogP contribution in [0.3, 0.4) is 0 Å². The second kappa shape index (κ2) is 13.8. The maximum absolute atomic E-state index is 13.1. The number of rotatable bonds is 12. The molecule has 0 bridgehead atoms. The fraction of sp³-hybridized carbons (Fsp3) is 0.286. The first-order valence-electron chi connectivity index (χ1n) is 12.0. The quantitative estimate of drug-likeness (QED) is 0.233. The molecule has 39 heavy (non-hydrogen) atoms. The highest BCUT2D eigenvalue weighted by Crippen LogP contribution is 2.28. The van der Waals surface area contributed by atoms with Crippen LogP contribution in [-0.4, -0.2) is 62.8 Å². The third-order valence-corrected chi connectivity index (χ3v) is 5.84. The lowest BCUT2D eigenvalue weighted by atomic mass is 10.0. The van der Waals surface area contributed by atoms with Gasteiger partial charge in [-0.2, -0.15) is 0 Å². The summed E-state index contributed by atoms with van der Waals surface area (Å²) in [6.45, 7) is -0.423. The molecule has 1 aromatic heterocycles. The molecule has 0 aliphatic rings. The zero-order valence-electron chi connectivity index (χ0n) is 21.8. The molecule has 0 aliphatic heterocycles. The van der Waals surface area contributed by atoms with Crippen molar-refractivity contribution in [2.75, 3.05) is 33.3 Å². The van der Waals surface area contributed by atoms with Crippen molar-refractivity contribution in [2.24, 2.45) is 0 Å². The molecule has 11 nitrogen and oxygen atoms in total. The smallest absolute Gasteiger partial charge is 0.342 e. The first-order valence-corrected chi connectivity index (χ1v) is 12.0. The van der Waals surface area contributed by atoms with Crippen molar-refractivity contribution in [2.45, 2.75) is 25.3 Å². The number of furan rings is 1. The number of amides is 2. The average molecular weight is 539 g/mol. The Hall–Kier alpha value is -4.64. The van der Waals surface area contributed by atoms with Gasteiger partial charge in [-0.3, -0.25) is 4.79 Å². The second-order valence-electron chi connectivity index (χ2n) is 8.42. The molecule has 0 radical (unpaired) electrons. The van der Waals surface area contributed by atoms with Gasteiger partial charge in [0.05, 0.1) is 34.0 Å². The Bertz CT molecular complexity index is 1300. The molecular formula is C28H30N2O9. The van der Waals surface area contributed by atoms with E-state index < -0.39 is 36.4 Å². The van der Waals surface area contributed by atoms with Gasteiger partial charge < -0.3 is 34.4 Å². The number of ketones is 1. The minimum Gasteiger partial charge on any atom is -0.497 e. The average Bonchev–Trinajstić information content (AvgIpc) is 3.35. The number of anilines is 1. The molecule has 0 fully saturated rings. The number of Topliss-reactive ketones (excluding diaryl/α,β-unsaturated/α-hetero) is 1. The first kappa shape index (κ1) is 28.9. The highest BCUT2D eigenvalue weighted by Gasteiger charge is 2.34. The van der Waals surface area contributed by atoms with Crippen LogP contribution in [0.2, 0.25) is 0 Å². The van der Waals surface area contributed by atoms with Crippen molar-refractivity contribution in [1.29, 1.82) is 0 Å². The van der Waals surface area contributed by atoms with E-state index in [-0.39, 0.29) is 41.9 Å². The zero-order valence-corrected chi connectivity index (χ0v) is 21.8. The molecule has 3 aromatic rings. The van der Waals surface area contributed by atoms with E-state index in [4.69, 9.17) is 18.6 Å². The molecule has 2 amide bonds. The first-order chi connectivity index (χ1) is 18.8. The minimum atomic E-state index is -0.933. The Balaban J connectivity index is 1.81. The van der Waals surface area contributed by atoms with E-state index in [9.17, 15) is 24.3 Å². The summed E-state index contributed by atoms with van der Waals surface area (Å²) in [4.78, 5) is 50.9. The van der Waals surface area contributed by atoms with Crippen LogP contribution in [0.4, 0.5) is 10.5 Å². The van der Waals surface area contributed by atoms with Crippen LogP contribution >= 0.6 is 0 Å². The van der Waals surface area contributed by atoms with Gasteiger partial charge in [0.15, 0.2) is 5.76 Å². The number of hydrogen-bond donors (Lipinski definition) is 3. The highest BCUT2D eigenvalue weighted by molar-refractivity contribution is 6.12. The molecule has 206 valence electrons. The van der Waals surface area contributed by atoms with E-state index in [1.807, 2.05) is 0 Å². The predicted molar refractivity (Wildman–Crippen MR) is 140 cm³/mol. The SMILES string of the molecule is COC(=O)c1c(CC[C@@H](CO)NC(=O)Nc2ccc(OC)cc2)oc(C(=O)Cc2ccccc2)c1C(=O)OC. The summed E-state index contributed by atoms with van der Waals surface area (Å²) in [6.07, 6.45) is 0.0167. The Labute approximate surface area is 225 Å². The van der Waals surface area contributed by atoms with Gasteiger partial charge in [0.1, 0.15) is 22.6 Å². The molecule has 0 aliphatic carbocycles. The monoisotopic (exact) mass is 538 g/mol.